The zero-order valence-corrected chi connectivity index (χ0v) is 15.3. The maximum Gasteiger partial charge on any atom is 0.333 e. The number of hydrogen-bond donors (Lipinski definition) is 1. The first kappa shape index (κ1) is 18.7. The largest absolute Gasteiger partial charge is 0.440 e. The summed E-state index contributed by atoms with van der Waals surface area (Å²) in [5.41, 5.74) is 0.396. The molecule has 0 unspecified atom stereocenters. The summed E-state index contributed by atoms with van der Waals surface area (Å²) in [6, 6.07) is 18.6. The highest BCUT2D eigenvalue weighted by Gasteiger charge is 2.19. The van der Waals surface area contributed by atoms with Gasteiger partial charge in [0, 0.05) is 0 Å². The highest BCUT2D eigenvalue weighted by atomic mass is 16.5. The molecule has 0 radical (unpaired) electrons. The van der Waals surface area contributed by atoms with Gasteiger partial charge in [0.1, 0.15) is 12.5 Å². The zero-order chi connectivity index (χ0) is 19.2. The molecule has 0 bridgehead atoms. The van der Waals surface area contributed by atoms with Gasteiger partial charge in [0.15, 0.2) is 0 Å². The SMILES string of the molecule is CC(C)c1c(Oc2ccccc2)[nH]c(=O)n(COCc2ccccc2)c1=O. The number of rotatable bonds is 7. The van der Waals surface area contributed by atoms with Gasteiger partial charge in [0.05, 0.1) is 12.2 Å². The lowest BCUT2D eigenvalue weighted by Crippen LogP contribution is -2.38. The average molecular weight is 366 g/mol. The quantitative estimate of drug-likeness (QED) is 0.693. The van der Waals surface area contributed by atoms with Crippen LogP contribution in [0, 0.1) is 0 Å². The molecular weight excluding hydrogens is 344 g/mol. The highest BCUT2D eigenvalue weighted by molar-refractivity contribution is 5.32. The van der Waals surface area contributed by atoms with Crippen LogP contribution in [0.15, 0.2) is 70.3 Å². The van der Waals surface area contributed by atoms with Gasteiger partial charge >= 0.3 is 5.69 Å². The maximum atomic E-state index is 12.9. The molecule has 0 saturated carbocycles. The van der Waals surface area contributed by atoms with Crippen LogP contribution in [-0.4, -0.2) is 9.55 Å². The minimum absolute atomic E-state index is 0.131. The van der Waals surface area contributed by atoms with E-state index < -0.39 is 11.2 Å². The van der Waals surface area contributed by atoms with Crippen molar-refractivity contribution in [3.8, 4) is 11.6 Å². The molecule has 3 aromatic rings. The molecule has 0 saturated heterocycles. The van der Waals surface area contributed by atoms with Gasteiger partial charge in [-0.05, 0) is 23.6 Å². The number of nitrogens with one attached hydrogen (secondary N) is 1. The van der Waals surface area contributed by atoms with E-state index in [1.165, 1.54) is 0 Å². The monoisotopic (exact) mass is 366 g/mol. The third kappa shape index (κ3) is 4.54. The Morgan fingerprint density at radius 1 is 0.963 bits per heavy atom. The number of aromatic nitrogens is 2. The second-order valence-electron chi connectivity index (χ2n) is 6.44. The first-order chi connectivity index (χ1) is 13.1. The molecule has 2 aromatic carbocycles. The standard InChI is InChI=1S/C21H22N2O4/c1-15(2)18-19(27-17-11-7-4-8-12-17)22-21(25)23(20(18)24)14-26-13-16-9-5-3-6-10-16/h3-12,15H,13-14H2,1-2H3,(H,22,25). The fourth-order valence-electron chi connectivity index (χ4n) is 2.71. The van der Waals surface area contributed by atoms with Crippen LogP contribution in [0.5, 0.6) is 11.6 Å². The van der Waals surface area contributed by atoms with E-state index in [2.05, 4.69) is 4.98 Å². The Morgan fingerprint density at radius 3 is 2.22 bits per heavy atom. The normalized spacial score (nSPS) is 10.9. The molecule has 0 fully saturated rings. The molecule has 0 amide bonds. The van der Waals surface area contributed by atoms with Crippen molar-refractivity contribution in [3.63, 3.8) is 0 Å². The molecule has 0 spiro atoms. The lowest BCUT2D eigenvalue weighted by molar-refractivity contribution is 0.0583. The van der Waals surface area contributed by atoms with Gasteiger partial charge in [-0.15, -0.1) is 0 Å². The van der Waals surface area contributed by atoms with Crippen LogP contribution in [0.1, 0.15) is 30.9 Å². The molecule has 3 rings (SSSR count). The van der Waals surface area contributed by atoms with Gasteiger partial charge in [-0.2, -0.15) is 0 Å². The smallest absolute Gasteiger partial charge is 0.333 e. The molecule has 27 heavy (non-hydrogen) atoms. The molecule has 0 aliphatic carbocycles. The molecular formula is C21H22N2O4. The van der Waals surface area contributed by atoms with Crippen molar-refractivity contribution in [1.29, 1.82) is 0 Å². The second-order valence-corrected chi connectivity index (χ2v) is 6.44. The number of hydrogen-bond acceptors (Lipinski definition) is 4. The topological polar surface area (TPSA) is 73.3 Å². The van der Waals surface area contributed by atoms with Crippen molar-refractivity contribution in [2.45, 2.75) is 33.1 Å². The van der Waals surface area contributed by atoms with Gasteiger partial charge in [0.2, 0.25) is 5.88 Å². The van der Waals surface area contributed by atoms with Crippen LogP contribution in [0.3, 0.4) is 0 Å². The summed E-state index contributed by atoms with van der Waals surface area (Å²) in [5, 5.41) is 0. The van der Waals surface area contributed by atoms with Crippen LogP contribution in [0.4, 0.5) is 0 Å². The zero-order valence-electron chi connectivity index (χ0n) is 15.3. The van der Waals surface area contributed by atoms with Gasteiger partial charge in [-0.3, -0.25) is 9.78 Å². The van der Waals surface area contributed by atoms with E-state index in [1.807, 2.05) is 62.4 Å². The molecule has 6 heteroatoms. The van der Waals surface area contributed by atoms with E-state index in [0.29, 0.717) is 17.9 Å². The third-order valence-electron chi connectivity index (χ3n) is 4.06. The van der Waals surface area contributed by atoms with Crippen LogP contribution in [-0.2, 0) is 18.1 Å². The minimum Gasteiger partial charge on any atom is -0.440 e. The van der Waals surface area contributed by atoms with Crippen molar-refractivity contribution in [3.05, 3.63) is 92.6 Å². The van der Waals surface area contributed by atoms with Gasteiger partial charge < -0.3 is 9.47 Å². The number of benzene rings is 2. The number of aromatic amines is 1. The van der Waals surface area contributed by atoms with Crippen molar-refractivity contribution >= 4 is 0 Å². The Labute approximate surface area is 157 Å². The van der Waals surface area contributed by atoms with Crippen molar-refractivity contribution in [2.75, 3.05) is 0 Å². The highest BCUT2D eigenvalue weighted by Crippen LogP contribution is 2.24. The predicted molar refractivity (Wildman–Crippen MR) is 103 cm³/mol. The summed E-state index contributed by atoms with van der Waals surface area (Å²) in [6.45, 7) is 3.94. The summed E-state index contributed by atoms with van der Waals surface area (Å²) in [7, 11) is 0. The molecule has 1 N–H and O–H groups in total. The third-order valence-corrected chi connectivity index (χ3v) is 4.06. The first-order valence-electron chi connectivity index (χ1n) is 8.78. The van der Waals surface area contributed by atoms with E-state index in [-0.39, 0.29) is 18.5 Å². The van der Waals surface area contributed by atoms with Crippen molar-refractivity contribution in [1.82, 2.24) is 9.55 Å². The van der Waals surface area contributed by atoms with E-state index >= 15 is 0 Å². The molecule has 0 atom stereocenters. The van der Waals surface area contributed by atoms with Crippen molar-refractivity contribution in [2.24, 2.45) is 0 Å². The minimum atomic E-state index is -0.566. The van der Waals surface area contributed by atoms with Crippen LogP contribution >= 0.6 is 0 Å². The van der Waals surface area contributed by atoms with Crippen LogP contribution in [0.2, 0.25) is 0 Å². The number of ether oxygens (including phenoxy) is 2. The Morgan fingerprint density at radius 2 is 1.59 bits per heavy atom. The molecule has 1 aromatic heterocycles. The lowest BCUT2D eigenvalue weighted by atomic mass is 10.1. The fraction of sp³-hybridized carbons (Fsp3) is 0.238. The lowest BCUT2D eigenvalue weighted by Gasteiger charge is -2.15. The van der Waals surface area contributed by atoms with Crippen LogP contribution in [0.25, 0.3) is 0 Å². The molecule has 0 aliphatic heterocycles. The Kier molecular flexibility index (Phi) is 5.88. The first-order valence-corrected chi connectivity index (χ1v) is 8.78. The second kappa shape index (κ2) is 8.51. The summed E-state index contributed by atoms with van der Waals surface area (Å²) < 4.78 is 12.4. The molecule has 140 valence electrons. The van der Waals surface area contributed by atoms with Gasteiger partial charge in [0.25, 0.3) is 5.56 Å². The van der Waals surface area contributed by atoms with Crippen molar-refractivity contribution < 1.29 is 9.47 Å². The molecule has 6 nitrogen and oxygen atoms in total. The Balaban J connectivity index is 1.86. The number of H-pyrrole nitrogens is 1. The van der Waals surface area contributed by atoms with E-state index in [9.17, 15) is 9.59 Å². The van der Waals surface area contributed by atoms with E-state index in [0.717, 1.165) is 10.1 Å². The van der Waals surface area contributed by atoms with Crippen LogP contribution < -0.4 is 16.0 Å². The molecule has 1 heterocycles. The van der Waals surface area contributed by atoms with Gasteiger partial charge in [-0.25, -0.2) is 9.36 Å². The number of para-hydroxylation sites is 1. The Bertz CT molecular complexity index is 992. The van der Waals surface area contributed by atoms with E-state index in [4.69, 9.17) is 9.47 Å². The fourth-order valence-corrected chi connectivity index (χ4v) is 2.71. The summed E-state index contributed by atoms with van der Waals surface area (Å²) in [5.74, 6) is 0.589. The maximum absolute atomic E-state index is 12.9. The summed E-state index contributed by atoms with van der Waals surface area (Å²) >= 11 is 0. The summed E-state index contributed by atoms with van der Waals surface area (Å²) in [4.78, 5) is 28.0. The average Bonchev–Trinajstić information content (AvgIpc) is 2.65. The molecule has 0 aliphatic rings. The number of nitrogens with zero attached hydrogens (tertiary/aromatic N) is 1. The summed E-state index contributed by atoms with van der Waals surface area (Å²) in [6.07, 6.45) is 0. The van der Waals surface area contributed by atoms with E-state index in [1.54, 1.807) is 12.1 Å². The van der Waals surface area contributed by atoms with Gasteiger partial charge in [-0.1, -0.05) is 62.4 Å². The predicted octanol–water partition coefficient (Wildman–Crippen LogP) is 3.63. The Hall–Kier alpha value is -3.12.